The van der Waals surface area contributed by atoms with Gasteiger partial charge in [-0.2, -0.15) is 0 Å². The number of carboxylic acids is 1. The van der Waals surface area contributed by atoms with Crippen molar-refractivity contribution < 1.29 is 19.6 Å². The van der Waals surface area contributed by atoms with E-state index in [0.29, 0.717) is 19.8 Å². The van der Waals surface area contributed by atoms with Gasteiger partial charge in [-0.25, -0.2) is 4.79 Å². The van der Waals surface area contributed by atoms with Crippen LogP contribution in [0, 0.1) is 10.1 Å². The first-order valence-electron chi connectivity index (χ1n) is 6.00. The third-order valence-electron chi connectivity index (χ3n) is 2.47. The van der Waals surface area contributed by atoms with Gasteiger partial charge in [-0.3, -0.25) is 10.1 Å². The summed E-state index contributed by atoms with van der Waals surface area (Å²) in [6, 6.07) is 3.61. The molecule has 0 saturated carbocycles. The monoisotopic (exact) mass is 280 g/mol. The quantitative estimate of drug-likeness (QED) is 0.311. The van der Waals surface area contributed by atoms with E-state index < -0.39 is 10.9 Å². The molecular formula is C13H16N2O5. The van der Waals surface area contributed by atoms with Gasteiger partial charge in [-0.05, 0) is 18.6 Å². The Labute approximate surface area is 116 Å². The zero-order valence-corrected chi connectivity index (χ0v) is 10.9. The van der Waals surface area contributed by atoms with E-state index in [4.69, 9.17) is 9.84 Å². The molecule has 1 aromatic rings. The van der Waals surface area contributed by atoms with Gasteiger partial charge in [-0.1, -0.05) is 6.08 Å². The molecular weight excluding hydrogens is 264 g/mol. The third-order valence-corrected chi connectivity index (χ3v) is 2.47. The lowest BCUT2D eigenvalue weighted by Gasteiger charge is -2.08. The van der Waals surface area contributed by atoms with E-state index in [1.165, 1.54) is 18.2 Å². The Hall–Kier alpha value is -2.41. The van der Waals surface area contributed by atoms with Crippen LogP contribution in [0.15, 0.2) is 30.9 Å². The van der Waals surface area contributed by atoms with Crippen LogP contribution in [0.2, 0.25) is 0 Å². The predicted octanol–water partition coefficient (Wildman–Crippen LogP) is 2.30. The highest BCUT2D eigenvalue weighted by Gasteiger charge is 2.16. The van der Waals surface area contributed by atoms with E-state index in [0.717, 1.165) is 6.42 Å². The number of anilines is 1. The van der Waals surface area contributed by atoms with Gasteiger partial charge in [0, 0.05) is 12.6 Å². The number of nitrogens with one attached hydrogen (secondary N) is 1. The average Bonchev–Trinajstić information content (AvgIpc) is 2.42. The number of carbonyl (C=O) groups is 1. The van der Waals surface area contributed by atoms with Crippen molar-refractivity contribution in [2.45, 2.75) is 6.42 Å². The van der Waals surface area contributed by atoms with E-state index in [1.807, 2.05) is 0 Å². The summed E-state index contributed by atoms with van der Waals surface area (Å²) in [5, 5.41) is 22.5. The molecule has 0 spiro atoms. The Morgan fingerprint density at radius 1 is 1.50 bits per heavy atom. The van der Waals surface area contributed by atoms with Gasteiger partial charge in [0.15, 0.2) is 0 Å². The smallest absolute Gasteiger partial charge is 0.335 e. The number of carboxylic acid groups (broad SMARTS) is 1. The normalized spacial score (nSPS) is 10.0. The summed E-state index contributed by atoms with van der Waals surface area (Å²) in [6.07, 6.45) is 2.46. The maximum absolute atomic E-state index is 10.9. The number of hydrogen-bond donors (Lipinski definition) is 2. The maximum atomic E-state index is 10.9. The zero-order chi connectivity index (χ0) is 15.0. The SMILES string of the molecule is C=CCCOCCNc1cc(C(=O)O)ccc1[N+](=O)[O-]. The summed E-state index contributed by atoms with van der Waals surface area (Å²) in [7, 11) is 0. The molecule has 20 heavy (non-hydrogen) atoms. The summed E-state index contributed by atoms with van der Waals surface area (Å²) >= 11 is 0. The van der Waals surface area contributed by atoms with E-state index in [9.17, 15) is 14.9 Å². The molecule has 108 valence electrons. The van der Waals surface area contributed by atoms with Crippen molar-refractivity contribution in [2.75, 3.05) is 25.1 Å². The highest BCUT2D eigenvalue weighted by molar-refractivity contribution is 5.90. The highest BCUT2D eigenvalue weighted by atomic mass is 16.6. The minimum atomic E-state index is -1.13. The van der Waals surface area contributed by atoms with Crippen LogP contribution in [0.4, 0.5) is 11.4 Å². The molecule has 0 aromatic heterocycles. The summed E-state index contributed by atoms with van der Waals surface area (Å²) in [6.45, 7) is 4.80. The lowest BCUT2D eigenvalue weighted by atomic mass is 10.1. The molecule has 0 bridgehead atoms. The second kappa shape index (κ2) is 7.90. The van der Waals surface area contributed by atoms with Crippen LogP contribution >= 0.6 is 0 Å². The third kappa shape index (κ3) is 4.69. The van der Waals surface area contributed by atoms with Crippen LogP contribution in [-0.2, 0) is 4.74 Å². The first-order valence-corrected chi connectivity index (χ1v) is 6.00. The number of ether oxygens (including phenoxy) is 1. The predicted molar refractivity (Wildman–Crippen MR) is 74.2 cm³/mol. The fraction of sp³-hybridized carbons (Fsp3) is 0.308. The molecule has 7 heteroatoms. The number of nitro groups is 1. The number of nitrogens with zero attached hydrogens (tertiary/aromatic N) is 1. The minimum absolute atomic E-state index is 0.00863. The number of aromatic carboxylic acids is 1. The molecule has 2 N–H and O–H groups in total. The van der Waals surface area contributed by atoms with E-state index in [-0.39, 0.29) is 16.9 Å². The topological polar surface area (TPSA) is 102 Å². The van der Waals surface area contributed by atoms with Crippen molar-refractivity contribution in [3.63, 3.8) is 0 Å². The van der Waals surface area contributed by atoms with E-state index >= 15 is 0 Å². The minimum Gasteiger partial charge on any atom is -0.478 e. The van der Waals surface area contributed by atoms with E-state index in [1.54, 1.807) is 6.08 Å². The Kier molecular flexibility index (Phi) is 6.18. The second-order valence-corrected chi connectivity index (χ2v) is 3.91. The van der Waals surface area contributed by atoms with Crippen molar-refractivity contribution >= 4 is 17.3 Å². The van der Waals surface area contributed by atoms with Crippen LogP contribution < -0.4 is 5.32 Å². The molecule has 1 aromatic carbocycles. The largest absolute Gasteiger partial charge is 0.478 e. The van der Waals surface area contributed by atoms with E-state index in [2.05, 4.69) is 11.9 Å². The Balaban J connectivity index is 2.65. The standard InChI is InChI=1S/C13H16N2O5/c1-2-3-7-20-8-6-14-11-9-10(13(16)17)4-5-12(11)15(18)19/h2,4-5,9,14H,1,3,6-8H2,(H,16,17). The van der Waals surface area contributed by atoms with Crippen LogP contribution in [0.5, 0.6) is 0 Å². The molecule has 7 nitrogen and oxygen atoms in total. The molecule has 0 fully saturated rings. The molecule has 0 aliphatic carbocycles. The summed E-state index contributed by atoms with van der Waals surface area (Å²) < 4.78 is 5.25. The van der Waals surface area contributed by atoms with Crippen molar-refractivity contribution in [1.29, 1.82) is 0 Å². The Morgan fingerprint density at radius 2 is 2.25 bits per heavy atom. The molecule has 1 rings (SSSR count). The molecule has 0 amide bonds. The van der Waals surface area contributed by atoms with Gasteiger partial charge < -0.3 is 15.2 Å². The van der Waals surface area contributed by atoms with Gasteiger partial charge in [-0.15, -0.1) is 6.58 Å². The van der Waals surface area contributed by atoms with Crippen LogP contribution in [0.25, 0.3) is 0 Å². The Morgan fingerprint density at radius 3 is 2.85 bits per heavy atom. The molecule has 0 atom stereocenters. The van der Waals surface area contributed by atoms with Gasteiger partial charge in [0.05, 0.1) is 23.7 Å². The van der Waals surface area contributed by atoms with Crippen molar-refractivity contribution in [1.82, 2.24) is 0 Å². The first kappa shape index (κ1) is 15.6. The van der Waals surface area contributed by atoms with Gasteiger partial charge in [0.1, 0.15) is 5.69 Å². The average molecular weight is 280 g/mol. The summed E-state index contributed by atoms with van der Waals surface area (Å²) in [4.78, 5) is 21.1. The van der Waals surface area contributed by atoms with Crippen molar-refractivity contribution in [3.05, 3.63) is 46.5 Å². The maximum Gasteiger partial charge on any atom is 0.335 e. The fourth-order valence-corrected chi connectivity index (χ4v) is 1.50. The fourth-order valence-electron chi connectivity index (χ4n) is 1.50. The Bertz CT molecular complexity index is 502. The van der Waals surface area contributed by atoms with Crippen LogP contribution in [0.1, 0.15) is 16.8 Å². The molecule has 0 aliphatic heterocycles. The van der Waals surface area contributed by atoms with Gasteiger partial charge >= 0.3 is 5.97 Å². The molecule has 0 heterocycles. The number of hydrogen-bond acceptors (Lipinski definition) is 5. The van der Waals surface area contributed by atoms with Crippen molar-refractivity contribution in [2.24, 2.45) is 0 Å². The second-order valence-electron chi connectivity index (χ2n) is 3.91. The molecule has 0 radical (unpaired) electrons. The molecule has 0 aliphatic rings. The molecule has 0 unspecified atom stereocenters. The number of rotatable bonds is 9. The van der Waals surface area contributed by atoms with Crippen LogP contribution in [0.3, 0.4) is 0 Å². The lowest BCUT2D eigenvalue weighted by Crippen LogP contribution is -2.11. The first-order chi connectivity index (χ1) is 9.56. The number of benzene rings is 1. The molecule has 0 saturated heterocycles. The highest BCUT2D eigenvalue weighted by Crippen LogP contribution is 2.25. The van der Waals surface area contributed by atoms with Gasteiger partial charge in [0.25, 0.3) is 5.69 Å². The van der Waals surface area contributed by atoms with Crippen LogP contribution in [-0.4, -0.2) is 35.8 Å². The zero-order valence-electron chi connectivity index (χ0n) is 10.9. The lowest BCUT2D eigenvalue weighted by molar-refractivity contribution is -0.384. The van der Waals surface area contributed by atoms with Crippen molar-refractivity contribution in [3.8, 4) is 0 Å². The number of nitro benzene ring substituents is 1. The summed E-state index contributed by atoms with van der Waals surface area (Å²) in [5.74, 6) is -1.13. The summed E-state index contributed by atoms with van der Waals surface area (Å²) in [5.41, 5.74) is -0.00557. The van der Waals surface area contributed by atoms with Gasteiger partial charge in [0.2, 0.25) is 0 Å².